The molecule has 1 amide bonds. The van der Waals surface area contributed by atoms with Gasteiger partial charge in [-0.25, -0.2) is 4.68 Å². The summed E-state index contributed by atoms with van der Waals surface area (Å²) >= 11 is 0. The highest BCUT2D eigenvalue weighted by molar-refractivity contribution is 6.05. The number of anilines is 1. The maximum absolute atomic E-state index is 12.7. The zero-order valence-electron chi connectivity index (χ0n) is 12.4. The normalized spacial score (nSPS) is 10.4. The van der Waals surface area contributed by atoms with Crippen molar-refractivity contribution in [2.45, 2.75) is 6.92 Å². The Balaban J connectivity index is 1.88. The van der Waals surface area contributed by atoms with Gasteiger partial charge in [-0.1, -0.05) is 36.4 Å². The number of rotatable bonds is 4. The summed E-state index contributed by atoms with van der Waals surface area (Å²) in [4.78, 5) is 14.4. The molecule has 0 radical (unpaired) electrons. The molecule has 3 rings (SSSR count). The molecule has 110 valence electrons. The van der Waals surface area contributed by atoms with Gasteiger partial charge in [0.15, 0.2) is 0 Å². The lowest BCUT2D eigenvalue weighted by atomic mass is 10.2. The molecule has 4 nitrogen and oxygen atoms in total. The zero-order valence-corrected chi connectivity index (χ0v) is 12.4. The quantitative estimate of drug-likeness (QED) is 0.737. The van der Waals surface area contributed by atoms with Crippen LogP contribution in [-0.4, -0.2) is 22.2 Å². The minimum atomic E-state index is -0.0455. The number of para-hydroxylation sites is 2. The number of carbonyl (C=O) groups excluding carboxylic acids is 1. The molecule has 4 heteroatoms. The third-order valence-electron chi connectivity index (χ3n) is 3.48. The lowest BCUT2D eigenvalue weighted by Crippen LogP contribution is -2.30. The Bertz CT molecular complexity index is 750. The maximum atomic E-state index is 12.7. The van der Waals surface area contributed by atoms with Gasteiger partial charge < -0.3 is 4.90 Å². The average Bonchev–Trinajstić information content (AvgIpc) is 3.07. The van der Waals surface area contributed by atoms with E-state index < -0.39 is 0 Å². The van der Waals surface area contributed by atoms with Gasteiger partial charge in [0, 0.05) is 18.4 Å². The Labute approximate surface area is 129 Å². The topological polar surface area (TPSA) is 38.1 Å². The molecule has 0 N–H and O–H groups in total. The van der Waals surface area contributed by atoms with Crippen molar-refractivity contribution in [2.24, 2.45) is 0 Å². The van der Waals surface area contributed by atoms with E-state index in [1.165, 1.54) is 0 Å². The number of carbonyl (C=O) groups is 1. The molecule has 0 saturated heterocycles. The molecule has 0 spiro atoms. The fraction of sp³-hybridized carbons (Fsp3) is 0.111. The SMILES string of the molecule is CCN(C(=O)c1cnn(-c2ccccc2)c1)c1ccccc1. The van der Waals surface area contributed by atoms with Crippen LogP contribution in [0.1, 0.15) is 17.3 Å². The van der Waals surface area contributed by atoms with Gasteiger partial charge in [0.1, 0.15) is 0 Å². The summed E-state index contributed by atoms with van der Waals surface area (Å²) in [6.45, 7) is 2.58. The van der Waals surface area contributed by atoms with Crippen LogP contribution in [0, 0.1) is 0 Å². The highest BCUT2D eigenvalue weighted by atomic mass is 16.2. The van der Waals surface area contributed by atoms with Gasteiger partial charge in [-0.15, -0.1) is 0 Å². The summed E-state index contributed by atoms with van der Waals surface area (Å²) in [5.41, 5.74) is 2.40. The molecule has 0 aliphatic rings. The highest BCUT2D eigenvalue weighted by Crippen LogP contribution is 2.17. The molecule has 0 bridgehead atoms. The fourth-order valence-electron chi connectivity index (χ4n) is 2.36. The van der Waals surface area contributed by atoms with Crippen molar-refractivity contribution >= 4 is 11.6 Å². The van der Waals surface area contributed by atoms with Crippen LogP contribution >= 0.6 is 0 Å². The van der Waals surface area contributed by atoms with Gasteiger partial charge in [0.2, 0.25) is 0 Å². The summed E-state index contributed by atoms with van der Waals surface area (Å²) in [6, 6.07) is 19.4. The summed E-state index contributed by atoms with van der Waals surface area (Å²) < 4.78 is 1.71. The number of nitrogens with zero attached hydrogens (tertiary/aromatic N) is 3. The van der Waals surface area contributed by atoms with Crippen molar-refractivity contribution < 1.29 is 4.79 Å². The van der Waals surface area contributed by atoms with E-state index in [1.54, 1.807) is 22.0 Å². The summed E-state index contributed by atoms with van der Waals surface area (Å²) in [5.74, 6) is -0.0455. The smallest absolute Gasteiger partial charge is 0.261 e. The molecule has 1 heterocycles. The first-order valence-corrected chi connectivity index (χ1v) is 7.26. The lowest BCUT2D eigenvalue weighted by molar-refractivity contribution is 0.0988. The van der Waals surface area contributed by atoms with E-state index >= 15 is 0 Å². The molecule has 0 unspecified atom stereocenters. The second kappa shape index (κ2) is 6.26. The molecule has 0 aliphatic carbocycles. The molecule has 0 aliphatic heterocycles. The van der Waals surface area contributed by atoms with Gasteiger partial charge in [0.25, 0.3) is 5.91 Å². The van der Waals surface area contributed by atoms with E-state index in [0.717, 1.165) is 11.4 Å². The Hall–Kier alpha value is -2.88. The van der Waals surface area contributed by atoms with Crippen LogP contribution in [0.3, 0.4) is 0 Å². The molecule has 0 atom stereocenters. The monoisotopic (exact) mass is 291 g/mol. The number of amides is 1. The third-order valence-corrected chi connectivity index (χ3v) is 3.48. The van der Waals surface area contributed by atoms with Crippen LogP contribution in [0.15, 0.2) is 73.1 Å². The van der Waals surface area contributed by atoms with E-state index in [2.05, 4.69) is 5.10 Å². The van der Waals surface area contributed by atoms with Crippen LogP contribution in [0.5, 0.6) is 0 Å². The van der Waals surface area contributed by atoms with Crippen molar-refractivity contribution in [1.82, 2.24) is 9.78 Å². The Kier molecular flexibility index (Phi) is 4.01. The van der Waals surface area contributed by atoms with Crippen LogP contribution < -0.4 is 4.90 Å². The Morgan fingerprint density at radius 3 is 2.32 bits per heavy atom. The van der Waals surface area contributed by atoms with Crippen LogP contribution in [-0.2, 0) is 0 Å². The minimum absolute atomic E-state index is 0.0455. The minimum Gasteiger partial charge on any atom is -0.309 e. The number of benzene rings is 2. The molecule has 0 fully saturated rings. The zero-order chi connectivity index (χ0) is 15.4. The van der Waals surface area contributed by atoms with Crippen LogP contribution in [0.2, 0.25) is 0 Å². The summed E-state index contributed by atoms with van der Waals surface area (Å²) in [5, 5.41) is 4.29. The molecule has 1 aromatic heterocycles. The largest absolute Gasteiger partial charge is 0.309 e. The Morgan fingerprint density at radius 2 is 1.68 bits per heavy atom. The molecular formula is C18H17N3O. The molecular weight excluding hydrogens is 274 g/mol. The van der Waals surface area contributed by atoms with E-state index in [-0.39, 0.29) is 5.91 Å². The number of hydrogen-bond donors (Lipinski definition) is 0. The summed E-state index contributed by atoms with van der Waals surface area (Å²) in [6.07, 6.45) is 3.38. The van der Waals surface area contributed by atoms with Gasteiger partial charge in [-0.05, 0) is 31.2 Å². The standard InChI is InChI=1S/C18H17N3O/c1-2-20(16-9-5-3-6-10-16)18(22)15-13-19-21(14-15)17-11-7-4-8-12-17/h3-14H,2H2,1H3. The van der Waals surface area contributed by atoms with E-state index in [4.69, 9.17) is 0 Å². The molecule has 0 saturated carbocycles. The van der Waals surface area contributed by atoms with Gasteiger partial charge in [-0.3, -0.25) is 4.79 Å². The molecule has 22 heavy (non-hydrogen) atoms. The van der Waals surface area contributed by atoms with E-state index in [9.17, 15) is 4.79 Å². The van der Waals surface area contributed by atoms with Crippen molar-refractivity contribution in [3.8, 4) is 5.69 Å². The van der Waals surface area contributed by atoms with E-state index in [0.29, 0.717) is 12.1 Å². The third kappa shape index (κ3) is 2.76. The molecule has 2 aromatic carbocycles. The first kappa shape index (κ1) is 14.1. The van der Waals surface area contributed by atoms with Crippen molar-refractivity contribution in [3.05, 3.63) is 78.6 Å². The van der Waals surface area contributed by atoms with E-state index in [1.807, 2.05) is 67.6 Å². The maximum Gasteiger partial charge on any atom is 0.261 e. The fourth-order valence-corrected chi connectivity index (χ4v) is 2.36. The van der Waals surface area contributed by atoms with Gasteiger partial charge in [-0.2, -0.15) is 5.10 Å². The van der Waals surface area contributed by atoms with Crippen molar-refractivity contribution in [2.75, 3.05) is 11.4 Å². The van der Waals surface area contributed by atoms with Gasteiger partial charge >= 0.3 is 0 Å². The van der Waals surface area contributed by atoms with Crippen molar-refractivity contribution in [3.63, 3.8) is 0 Å². The first-order valence-electron chi connectivity index (χ1n) is 7.26. The predicted octanol–water partition coefficient (Wildman–Crippen LogP) is 3.54. The second-order valence-electron chi connectivity index (χ2n) is 4.89. The van der Waals surface area contributed by atoms with Crippen LogP contribution in [0.25, 0.3) is 5.69 Å². The number of aromatic nitrogens is 2. The Morgan fingerprint density at radius 1 is 1.05 bits per heavy atom. The highest BCUT2D eigenvalue weighted by Gasteiger charge is 2.17. The second-order valence-corrected chi connectivity index (χ2v) is 4.89. The lowest BCUT2D eigenvalue weighted by Gasteiger charge is -2.20. The van der Waals surface area contributed by atoms with Crippen molar-refractivity contribution in [1.29, 1.82) is 0 Å². The average molecular weight is 291 g/mol. The van der Waals surface area contributed by atoms with Gasteiger partial charge in [0.05, 0.1) is 17.4 Å². The summed E-state index contributed by atoms with van der Waals surface area (Å²) in [7, 11) is 0. The number of hydrogen-bond acceptors (Lipinski definition) is 2. The predicted molar refractivity (Wildman–Crippen MR) is 87.4 cm³/mol. The molecule has 3 aromatic rings. The van der Waals surface area contributed by atoms with Crippen LogP contribution in [0.4, 0.5) is 5.69 Å². The first-order chi connectivity index (χ1) is 10.8.